The zero-order chi connectivity index (χ0) is 12.3. The Morgan fingerprint density at radius 3 is 2.88 bits per heavy atom. The summed E-state index contributed by atoms with van der Waals surface area (Å²) in [5, 5.41) is 6.76. The van der Waals surface area contributed by atoms with Crippen molar-refractivity contribution < 1.29 is 0 Å². The number of alkyl halides is 1. The van der Waals surface area contributed by atoms with Crippen LogP contribution in [0.3, 0.4) is 0 Å². The van der Waals surface area contributed by atoms with Crippen molar-refractivity contribution in [3.63, 3.8) is 0 Å². The molecule has 0 N–H and O–H groups in total. The second kappa shape index (κ2) is 5.45. The van der Waals surface area contributed by atoms with Crippen LogP contribution in [0.25, 0.3) is 10.8 Å². The molecule has 4 heteroatoms. The molecule has 0 aliphatic heterocycles. The van der Waals surface area contributed by atoms with Gasteiger partial charge in [0.25, 0.3) is 5.56 Å². The summed E-state index contributed by atoms with van der Waals surface area (Å²) in [6.45, 7) is 2.80. The van der Waals surface area contributed by atoms with E-state index < -0.39 is 0 Å². The molecule has 1 aromatic carbocycles. The molecule has 0 spiro atoms. The van der Waals surface area contributed by atoms with Crippen LogP contribution in [0.15, 0.2) is 35.3 Å². The summed E-state index contributed by atoms with van der Waals surface area (Å²) in [5.41, 5.74) is 0.00231. The van der Waals surface area contributed by atoms with Crippen LogP contribution in [-0.4, -0.2) is 15.1 Å². The van der Waals surface area contributed by atoms with Crippen molar-refractivity contribution in [2.45, 2.75) is 19.9 Å². The third-order valence-corrected chi connectivity index (χ3v) is 3.90. The summed E-state index contributed by atoms with van der Waals surface area (Å²) < 4.78 is 1.57. The van der Waals surface area contributed by atoms with Crippen LogP contribution in [0.5, 0.6) is 0 Å². The Bertz CT molecular complexity index is 561. The molecule has 0 bridgehead atoms. The third kappa shape index (κ3) is 2.57. The maximum Gasteiger partial charge on any atom is 0.274 e. The van der Waals surface area contributed by atoms with Crippen LogP contribution in [0.1, 0.15) is 13.3 Å². The number of aromatic nitrogens is 2. The van der Waals surface area contributed by atoms with Crippen LogP contribution in [0.2, 0.25) is 0 Å². The Balaban J connectivity index is 2.42. The molecule has 2 rings (SSSR count). The molecular weight excluding hydrogens is 280 g/mol. The highest BCUT2D eigenvalue weighted by atomic mass is 79.9. The molecule has 0 saturated carbocycles. The largest absolute Gasteiger partial charge is 0.274 e. The first-order chi connectivity index (χ1) is 8.26. The number of hydrogen-bond acceptors (Lipinski definition) is 2. The Morgan fingerprint density at radius 1 is 1.41 bits per heavy atom. The summed E-state index contributed by atoms with van der Waals surface area (Å²) >= 11 is 3.46. The molecule has 1 heterocycles. The molecule has 1 aromatic heterocycles. The van der Waals surface area contributed by atoms with Gasteiger partial charge in [0, 0.05) is 17.3 Å². The number of nitrogens with zero attached hydrogens (tertiary/aromatic N) is 2. The topological polar surface area (TPSA) is 34.9 Å². The molecule has 17 heavy (non-hydrogen) atoms. The SMILES string of the molecule is CCC(CBr)Cn1ncc2ccccc2c1=O. The van der Waals surface area contributed by atoms with E-state index in [1.165, 1.54) is 0 Å². The first-order valence-corrected chi connectivity index (χ1v) is 6.89. The van der Waals surface area contributed by atoms with Crippen molar-refractivity contribution in [3.8, 4) is 0 Å². The summed E-state index contributed by atoms with van der Waals surface area (Å²) in [6, 6.07) is 7.57. The smallest absolute Gasteiger partial charge is 0.267 e. The average Bonchev–Trinajstić information content (AvgIpc) is 2.38. The fourth-order valence-corrected chi connectivity index (χ4v) is 2.45. The molecule has 3 nitrogen and oxygen atoms in total. The van der Waals surface area contributed by atoms with Crippen molar-refractivity contribution >= 4 is 26.7 Å². The number of fused-ring (bicyclic) bond motifs is 1. The minimum absolute atomic E-state index is 0.00231. The molecule has 0 saturated heterocycles. The van der Waals surface area contributed by atoms with E-state index in [2.05, 4.69) is 28.0 Å². The van der Waals surface area contributed by atoms with Gasteiger partial charge in [-0.15, -0.1) is 0 Å². The standard InChI is InChI=1S/C13H15BrN2O/c1-2-10(7-14)9-16-13(17)12-6-4-3-5-11(12)8-15-16/h3-6,8,10H,2,7,9H2,1H3. The van der Waals surface area contributed by atoms with Gasteiger partial charge in [0.15, 0.2) is 0 Å². The molecule has 90 valence electrons. The Hall–Kier alpha value is -1.16. The normalized spacial score (nSPS) is 12.8. The van der Waals surface area contributed by atoms with Crippen molar-refractivity contribution in [1.29, 1.82) is 0 Å². The van der Waals surface area contributed by atoms with E-state index in [4.69, 9.17) is 0 Å². The molecular formula is C13H15BrN2O. The highest BCUT2D eigenvalue weighted by Crippen LogP contribution is 2.10. The molecule has 0 amide bonds. The number of rotatable bonds is 4. The van der Waals surface area contributed by atoms with Crippen molar-refractivity contribution in [2.75, 3.05) is 5.33 Å². The summed E-state index contributed by atoms with van der Waals surface area (Å²) in [5.74, 6) is 0.446. The zero-order valence-electron chi connectivity index (χ0n) is 9.77. The van der Waals surface area contributed by atoms with E-state index >= 15 is 0 Å². The third-order valence-electron chi connectivity index (χ3n) is 2.99. The number of halogens is 1. The second-order valence-corrected chi connectivity index (χ2v) is 4.80. The van der Waals surface area contributed by atoms with E-state index in [0.29, 0.717) is 12.5 Å². The van der Waals surface area contributed by atoms with E-state index in [9.17, 15) is 4.79 Å². The summed E-state index contributed by atoms with van der Waals surface area (Å²) in [6.07, 6.45) is 2.80. The fraction of sp³-hybridized carbons (Fsp3) is 0.385. The predicted molar refractivity (Wildman–Crippen MR) is 73.6 cm³/mol. The first-order valence-electron chi connectivity index (χ1n) is 5.77. The van der Waals surface area contributed by atoms with Gasteiger partial charge < -0.3 is 0 Å². The maximum atomic E-state index is 12.2. The quantitative estimate of drug-likeness (QED) is 0.813. The van der Waals surface area contributed by atoms with Crippen LogP contribution in [0, 0.1) is 5.92 Å². The summed E-state index contributed by atoms with van der Waals surface area (Å²) in [4.78, 5) is 12.2. The molecule has 1 unspecified atom stereocenters. The van der Waals surface area contributed by atoms with Gasteiger partial charge in [-0.25, -0.2) is 4.68 Å². The average molecular weight is 295 g/mol. The van der Waals surface area contributed by atoms with Crippen molar-refractivity contribution in [1.82, 2.24) is 9.78 Å². The minimum Gasteiger partial charge on any atom is -0.267 e. The molecule has 1 atom stereocenters. The molecule has 0 aliphatic rings. The highest BCUT2D eigenvalue weighted by Gasteiger charge is 2.09. The maximum absolute atomic E-state index is 12.2. The first kappa shape index (κ1) is 12.3. The van der Waals surface area contributed by atoms with Gasteiger partial charge in [0.05, 0.1) is 11.6 Å². The zero-order valence-corrected chi connectivity index (χ0v) is 11.4. The van der Waals surface area contributed by atoms with Gasteiger partial charge in [0.2, 0.25) is 0 Å². The van der Waals surface area contributed by atoms with Gasteiger partial charge in [-0.05, 0) is 12.0 Å². The molecule has 0 fully saturated rings. The predicted octanol–water partition coefficient (Wildman–Crippen LogP) is 2.82. The molecule has 2 aromatic rings. The molecule has 0 radical (unpaired) electrons. The van der Waals surface area contributed by atoms with Gasteiger partial charge in [-0.1, -0.05) is 47.5 Å². The van der Waals surface area contributed by atoms with E-state index in [0.717, 1.165) is 22.5 Å². The van der Waals surface area contributed by atoms with E-state index in [1.807, 2.05) is 24.3 Å². The van der Waals surface area contributed by atoms with Crippen molar-refractivity contribution in [3.05, 3.63) is 40.8 Å². The number of benzene rings is 1. The van der Waals surface area contributed by atoms with Crippen LogP contribution < -0.4 is 5.56 Å². The Morgan fingerprint density at radius 2 is 2.18 bits per heavy atom. The van der Waals surface area contributed by atoms with Gasteiger partial charge in [0.1, 0.15) is 0 Å². The molecule has 0 aliphatic carbocycles. The highest BCUT2D eigenvalue weighted by molar-refractivity contribution is 9.09. The van der Waals surface area contributed by atoms with E-state index in [1.54, 1.807) is 10.9 Å². The van der Waals surface area contributed by atoms with Gasteiger partial charge in [-0.2, -0.15) is 5.10 Å². The lowest BCUT2D eigenvalue weighted by Crippen LogP contribution is -2.26. The fourth-order valence-electron chi connectivity index (χ4n) is 1.79. The lowest BCUT2D eigenvalue weighted by atomic mass is 10.1. The second-order valence-electron chi connectivity index (χ2n) is 4.15. The van der Waals surface area contributed by atoms with Crippen LogP contribution in [0.4, 0.5) is 0 Å². The number of hydrogen-bond donors (Lipinski definition) is 0. The van der Waals surface area contributed by atoms with Crippen LogP contribution >= 0.6 is 15.9 Å². The minimum atomic E-state index is 0.00231. The lowest BCUT2D eigenvalue weighted by molar-refractivity contribution is 0.434. The van der Waals surface area contributed by atoms with Crippen molar-refractivity contribution in [2.24, 2.45) is 5.92 Å². The lowest BCUT2D eigenvalue weighted by Gasteiger charge is -2.12. The Kier molecular flexibility index (Phi) is 3.94. The Labute approximate surface area is 109 Å². The van der Waals surface area contributed by atoms with E-state index in [-0.39, 0.29) is 5.56 Å². The van der Waals surface area contributed by atoms with Gasteiger partial charge in [-0.3, -0.25) is 4.79 Å². The van der Waals surface area contributed by atoms with Gasteiger partial charge >= 0.3 is 0 Å². The summed E-state index contributed by atoms with van der Waals surface area (Å²) in [7, 11) is 0. The van der Waals surface area contributed by atoms with Crippen LogP contribution in [-0.2, 0) is 6.54 Å². The monoisotopic (exact) mass is 294 g/mol.